The lowest BCUT2D eigenvalue weighted by molar-refractivity contribution is 0.317. The lowest BCUT2D eigenvalue weighted by Crippen LogP contribution is -2.18. The second kappa shape index (κ2) is 7.24. The highest BCUT2D eigenvalue weighted by molar-refractivity contribution is 5.90. The van der Waals surface area contributed by atoms with Crippen LogP contribution in [0.2, 0.25) is 0 Å². The molecule has 1 aromatic carbocycles. The summed E-state index contributed by atoms with van der Waals surface area (Å²) >= 11 is 0. The first-order chi connectivity index (χ1) is 11.3. The number of hydrogen-bond donors (Lipinski definition) is 1. The van der Waals surface area contributed by atoms with E-state index in [2.05, 4.69) is 23.1 Å². The minimum atomic E-state index is 0.143. The summed E-state index contributed by atoms with van der Waals surface area (Å²) in [7, 11) is 0. The predicted molar refractivity (Wildman–Crippen MR) is 92.8 cm³/mol. The highest BCUT2D eigenvalue weighted by atomic mass is 16.5. The fourth-order valence-corrected chi connectivity index (χ4v) is 2.68. The van der Waals surface area contributed by atoms with E-state index in [1.165, 1.54) is 0 Å². The van der Waals surface area contributed by atoms with Crippen LogP contribution >= 0.6 is 0 Å². The molecule has 1 unspecified atom stereocenters. The third-order valence-corrected chi connectivity index (χ3v) is 3.85. The van der Waals surface area contributed by atoms with Crippen molar-refractivity contribution in [1.29, 1.82) is 0 Å². The number of nitrogens with two attached hydrogens (primary N) is 1. The van der Waals surface area contributed by atoms with E-state index in [-0.39, 0.29) is 6.04 Å². The van der Waals surface area contributed by atoms with Gasteiger partial charge in [-0.05, 0) is 42.3 Å². The van der Waals surface area contributed by atoms with E-state index in [4.69, 9.17) is 10.5 Å². The quantitative estimate of drug-likeness (QED) is 0.890. The number of rotatable bonds is 6. The third-order valence-electron chi connectivity index (χ3n) is 3.85. The molecule has 0 spiro atoms. The lowest BCUT2D eigenvalue weighted by Gasteiger charge is -2.24. The Hall–Kier alpha value is -2.40. The van der Waals surface area contributed by atoms with E-state index in [1.54, 1.807) is 6.20 Å². The zero-order valence-electron chi connectivity index (χ0n) is 13.4. The molecule has 3 rings (SSSR count). The molecule has 2 heterocycles. The van der Waals surface area contributed by atoms with Crippen molar-refractivity contribution >= 4 is 11.4 Å². The van der Waals surface area contributed by atoms with Gasteiger partial charge in [-0.25, -0.2) is 0 Å². The van der Waals surface area contributed by atoms with Crippen molar-refractivity contribution in [2.75, 3.05) is 18.2 Å². The fourth-order valence-electron chi connectivity index (χ4n) is 2.68. The zero-order chi connectivity index (χ0) is 16.1. The highest BCUT2D eigenvalue weighted by Crippen LogP contribution is 2.35. The van der Waals surface area contributed by atoms with Gasteiger partial charge in [-0.1, -0.05) is 13.0 Å². The number of nitrogens with zero attached hydrogens (tertiary/aromatic N) is 3. The number of benzene rings is 1. The van der Waals surface area contributed by atoms with Gasteiger partial charge in [0.2, 0.25) is 0 Å². The van der Waals surface area contributed by atoms with Gasteiger partial charge in [0.1, 0.15) is 5.75 Å². The Bertz CT molecular complexity index is 654. The first kappa shape index (κ1) is 15.5. The summed E-state index contributed by atoms with van der Waals surface area (Å²) in [5, 5.41) is 6.71. The minimum absolute atomic E-state index is 0.143. The summed E-state index contributed by atoms with van der Waals surface area (Å²) < 4.78 is 5.64. The molecular formula is C18H22N4O. The van der Waals surface area contributed by atoms with Crippen LogP contribution in [-0.2, 0) is 0 Å². The van der Waals surface area contributed by atoms with Gasteiger partial charge in [0, 0.05) is 25.4 Å². The van der Waals surface area contributed by atoms with Crippen molar-refractivity contribution in [2.45, 2.75) is 25.8 Å². The van der Waals surface area contributed by atoms with Crippen LogP contribution in [-0.4, -0.2) is 23.8 Å². The molecule has 0 radical (unpaired) electrons. The number of anilines is 1. The van der Waals surface area contributed by atoms with Crippen molar-refractivity contribution < 1.29 is 4.74 Å². The van der Waals surface area contributed by atoms with Crippen LogP contribution in [0.5, 0.6) is 5.75 Å². The Balaban J connectivity index is 1.84. The van der Waals surface area contributed by atoms with Crippen molar-refractivity contribution in [2.24, 2.45) is 10.8 Å². The molecular weight excluding hydrogens is 288 g/mol. The highest BCUT2D eigenvalue weighted by Gasteiger charge is 2.28. The van der Waals surface area contributed by atoms with Crippen molar-refractivity contribution in [1.82, 2.24) is 4.98 Å². The van der Waals surface area contributed by atoms with Crippen LogP contribution < -0.4 is 15.5 Å². The second-order valence-electron chi connectivity index (χ2n) is 5.56. The molecule has 2 N–H and O–H groups in total. The summed E-state index contributed by atoms with van der Waals surface area (Å²) in [6, 6.07) is 12.2. The Morgan fingerprint density at radius 2 is 2.09 bits per heavy atom. The van der Waals surface area contributed by atoms with Gasteiger partial charge in [0.05, 0.1) is 24.0 Å². The van der Waals surface area contributed by atoms with Gasteiger partial charge < -0.3 is 10.5 Å². The first-order valence-corrected chi connectivity index (χ1v) is 8.00. The third kappa shape index (κ3) is 3.51. The van der Waals surface area contributed by atoms with Gasteiger partial charge in [0.15, 0.2) is 0 Å². The van der Waals surface area contributed by atoms with Gasteiger partial charge >= 0.3 is 0 Å². The molecule has 1 aliphatic rings. The van der Waals surface area contributed by atoms with Crippen LogP contribution in [0.1, 0.15) is 31.4 Å². The van der Waals surface area contributed by atoms with E-state index in [1.807, 2.05) is 41.5 Å². The molecule has 120 valence electrons. The molecule has 0 amide bonds. The average molecular weight is 310 g/mol. The molecule has 0 saturated heterocycles. The van der Waals surface area contributed by atoms with Crippen molar-refractivity contribution in [3.8, 4) is 5.75 Å². The van der Waals surface area contributed by atoms with Crippen LogP contribution in [0, 0.1) is 0 Å². The smallest absolute Gasteiger partial charge is 0.119 e. The number of hydrazone groups is 1. The van der Waals surface area contributed by atoms with E-state index in [9.17, 15) is 0 Å². The van der Waals surface area contributed by atoms with Crippen molar-refractivity contribution in [3.05, 3.63) is 54.4 Å². The van der Waals surface area contributed by atoms with Gasteiger partial charge in [0.25, 0.3) is 0 Å². The lowest BCUT2D eigenvalue weighted by atomic mass is 10.0. The van der Waals surface area contributed by atoms with Crippen LogP contribution in [0.4, 0.5) is 5.69 Å². The van der Waals surface area contributed by atoms with Crippen molar-refractivity contribution in [3.63, 3.8) is 0 Å². The van der Waals surface area contributed by atoms with Crippen LogP contribution in [0.15, 0.2) is 53.9 Å². The number of pyridine rings is 1. The number of hydrogen-bond acceptors (Lipinski definition) is 5. The zero-order valence-corrected chi connectivity index (χ0v) is 13.4. The van der Waals surface area contributed by atoms with Gasteiger partial charge in [-0.2, -0.15) is 5.10 Å². The van der Waals surface area contributed by atoms with Crippen LogP contribution in [0.3, 0.4) is 0 Å². The molecule has 2 aromatic rings. The second-order valence-corrected chi connectivity index (χ2v) is 5.56. The predicted octanol–water partition coefficient (Wildman–Crippen LogP) is 3.14. The SMILES string of the molecule is CCCOc1ccc(N2N=C(CN)CC2c2cccnc2)cc1. The number of ether oxygens (including phenoxy) is 1. The standard InChI is InChI=1S/C18H22N4O/c1-2-10-23-17-7-5-16(6-8-17)22-18(11-15(12-19)21-22)14-4-3-9-20-13-14/h3-9,13,18H,2,10-12,19H2,1H3. The summed E-state index contributed by atoms with van der Waals surface area (Å²) in [5.41, 5.74) is 8.98. The van der Waals surface area contributed by atoms with Gasteiger partial charge in [-0.15, -0.1) is 0 Å². The molecule has 1 aromatic heterocycles. The van der Waals surface area contributed by atoms with E-state index < -0.39 is 0 Å². The summed E-state index contributed by atoms with van der Waals surface area (Å²) in [6.45, 7) is 3.31. The normalized spacial score (nSPS) is 17.2. The number of aromatic nitrogens is 1. The molecule has 5 nitrogen and oxygen atoms in total. The molecule has 0 saturated carbocycles. The summed E-state index contributed by atoms with van der Waals surface area (Å²) in [4.78, 5) is 4.23. The largest absolute Gasteiger partial charge is 0.494 e. The minimum Gasteiger partial charge on any atom is -0.494 e. The summed E-state index contributed by atoms with van der Waals surface area (Å²) in [5.74, 6) is 0.885. The Labute approximate surface area is 136 Å². The Kier molecular flexibility index (Phi) is 4.88. The fraction of sp³-hybridized carbons (Fsp3) is 0.333. The van der Waals surface area contributed by atoms with Gasteiger partial charge in [-0.3, -0.25) is 9.99 Å². The maximum absolute atomic E-state index is 5.80. The molecule has 5 heteroatoms. The Morgan fingerprint density at radius 1 is 1.26 bits per heavy atom. The topological polar surface area (TPSA) is 63.7 Å². The van der Waals surface area contributed by atoms with E-state index >= 15 is 0 Å². The van der Waals surface area contributed by atoms with Crippen LogP contribution in [0.25, 0.3) is 0 Å². The molecule has 0 bridgehead atoms. The maximum Gasteiger partial charge on any atom is 0.119 e. The molecule has 0 fully saturated rings. The van der Waals surface area contributed by atoms with E-state index in [0.29, 0.717) is 6.54 Å². The maximum atomic E-state index is 5.80. The first-order valence-electron chi connectivity index (χ1n) is 8.00. The molecule has 0 aliphatic carbocycles. The average Bonchev–Trinajstić information content (AvgIpc) is 3.05. The van der Waals surface area contributed by atoms with E-state index in [0.717, 1.165) is 42.2 Å². The summed E-state index contributed by atoms with van der Waals surface area (Å²) in [6.07, 6.45) is 5.51. The molecule has 1 aliphatic heterocycles. The monoisotopic (exact) mass is 310 g/mol. The Morgan fingerprint density at radius 3 is 2.74 bits per heavy atom. The molecule has 23 heavy (non-hydrogen) atoms. The molecule has 1 atom stereocenters.